The largest absolute Gasteiger partial charge is 0.441 e. The van der Waals surface area contributed by atoms with Gasteiger partial charge in [0.2, 0.25) is 5.91 Å². The minimum Gasteiger partial charge on any atom is -0.441 e. The maximum Gasteiger partial charge on any atom is 0.238 e. The summed E-state index contributed by atoms with van der Waals surface area (Å²) in [6.45, 7) is 3.29. The number of rotatable bonds is 7. The average molecular weight is 326 g/mol. The molecule has 2 rings (SSSR count). The predicted octanol–water partition coefficient (Wildman–Crippen LogP) is 2.25. The third-order valence-electron chi connectivity index (χ3n) is 2.84. The van der Waals surface area contributed by atoms with Gasteiger partial charge >= 0.3 is 0 Å². The van der Waals surface area contributed by atoms with Crippen LogP contribution < -0.4 is 10.6 Å². The Morgan fingerprint density at radius 2 is 2.05 bits per heavy atom. The molecule has 1 aromatic carbocycles. The molecule has 1 heterocycles. The Balaban J connectivity index is 0.00000242. The number of ether oxygens (including phenoxy) is 1. The molecule has 120 valence electrons. The molecule has 0 aliphatic carbocycles. The van der Waals surface area contributed by atoms with Gasteiger partial charge in [0.25, 0.3) is 0 Å². The Hall–Kier alpha value is -1.89. The molecular weight excluding hydrogens is 306 g/mol. The highest BCUT2D eigenvalue weighted by Gasteiger charge is 2.05. The van der Waals surface area contributed by atoms with Crippen molar-refractivity contribution >= 4 is 24.0 Å². The number of oxazole rings is 1. The van der Waals surface area contributed by atoms with Gasteiger partial charge in [0.05, 0.1) is 19.3 Å². The molecule has 0 saturated heterocycles. The highest BCUT2D eigenvalue weighted by Crippen LogP contribution is 2.21. The fraction of sp³-hybridized carbons (Fsp3) is 0.333. The van der Waals surface area contributed by atoms with E-state index in [2.05, 4.69) is 15.6 Å². The molecule has 6 nitrogen and oxygen atoms in total. The first kappa shape index (κ1) is 18.2. The number of carbonyl (C=O) groups excluding carboxylic acids is 1. The predicted molar refractivity (Wildman–Crippen MR) is 87.3 cm³/mol. The van der Waals surface area contributed by atoms with E-state index >= 15 is 0 Å². The summed E-state index contributed by atoms with van der Waals surface area (Å²) in [5, 5.41) is 5.80. The molecule has 0 spiro atoms. The zero-order valence-corrected chi connectivity index (χ0v) is 13.4. The molecule has 0 aliphatic heterocycles. The molecule has 0 bridgehead atoms. The number of aryl methyl sites for hydroxylation is 1. The number of anilines is 1. The second-order valence-corrected chi connectivity index (χ2v) is 4.54. The summed E-state index contributed by atoms with van der Waals surface area (Å²) in [6, 6.07) is 7.43. The van der Waals surface area contributed by atoms with Gasteiger partial charge < -0.3 is 19.8 Å². The van der Waals surface area contributed by atoms with Crippen molar-refractivity contribution in [2.45, 2.75) is 6.92 Å². The van der Waals surface area contributed by atoms with Crippen molar-refractivity contribution in [1.82, 2.24) is 10.3 Å². The summed E-state index contributed by atoms with van der Waals surface area (Å²) in [7, 11) is 1.62. The van der Waals surface area contributed by atoms with Gasteiger partial charge in [0, 0.05) is 31.8 Å². The van der Waals surface area contributed by atoms with Crippen LogP contribution in [0.4, 0.5) is 5.69 Å². The van der Waals surface area contributed by atoms with Crippen LogP contribution in [-0.2, 0) is 9.53 Å². The summed E-state index contributed by atoms with van der Waals surface area (Å²) in [5.74, 6) is 1.26. The zero-order valence-electron chi connectivity index (χ0n) is 12.6. The van der Waals surface area contributed by atoms with Gasteiger partial charge in [-0.05, 0) is 24.3 Å². The van der Waals surface area contributed by atoms with Crippen LogP contribution in [0.25, 0.3) is 11.3 Å². The van der Waals surface area contributed by atoms with E-state index in [1.807, 2.05) is 24.3 Å². The van der Waals surface area contributed by atoms with Gasteiger partial charge in [-0.25, -0.2) is 4.98 Å². The quantitative estimate of drug-likeness (QED) is 0.764. The molecule has 1 amide bonds. The lowest BCUT2D eigenvalue weighted by atomic mass is 10.2. The molecule has 0 radical (unpaired) electrons. The third kappa shape index (κ3) is 5.48. The van der Waals surface area contributed by atoms with E-state index in [-0.39, 0.29) is 24.9 Å². The first-order valence-electron chi connectivity index (χ1n) is 6.71. The van der Waals surface area contributed by atoms with Crippen molar-refractivity contribution in [2.75, 3.05) is 32.1 Å². The Morgan fingerprint density at radius 1 is 1.32 bits per heavy atom. The fourth-order valence-corrected chi connectivity index (χ4v) is 1.79. The smallest absolute Gasteiger partial charge is 0.238 e. The maximum absolute atomic E-state index is 11.7. The molecule has 7 heteroatoms. The monoisotopic (exact) mass is 325 g/mol. The number of hydrogen-bond acceptors (Lipinski definition) is 5. The molecule has 1 aromatic heterocycles. The molecule has 2 N–H and O–H groups in total. The molecule has 0 unspecified atom stereocenters. The van der Waals surface area contributed by atoms with E-state index in [1.54, 1.807) is 20.2 Å². The van der Waals surface area contributed by atoms with Crippen molar-refractivity contribution < 1.29 is 13.9 Å². The van der Waals surface area contributed by atoms with Crippen LogP contribution >= 0.6 is 12.4 Å². The van der Waals surface area contributed by atoms with Gasteiger partial charge in [-0.1, -0.05) is 0 Å². The highest BCUT2D eigenvalue weighted by atomic mass is 35.5. The van der Waals surface area contributed by atoms with E-state index in [9.17, 15) is 4.79 Å². The molecular formula is C15H20ClN3O3. The van der Waals surface area contributed by atoms with Crippen LogP contribution in [0.2, 0.25) is 0 Å². The molecule has 0 atom stereocenters. The lowest BCUT2D eigenvalue weighted by molar-refractivity contribution is -0.115. The number of benzene rings is 1. The van der Waals surface area contributed by atoms with Crippen molar-refractivity contribution in [3.8, 4) is 11.3 Å². The highest BCUT2D eigenvalue weighted by molar-refractivity contribution is 5.92. The maximum atomic E-state index is 11.7. The van der Waals surface area contributed by atoms with E-state index < -0.39 is 0 Å². The van der Waals surface area contributed by atoms with Crippen LogP contribution in [0.1, 0.15) is 5.89 Å². The van der Waals surface area contributed by atoms with Crippen LogP contribution in [0.15, 0.2) is 34.9 Å². The number of nitrogens with one attached hydrogen (secondary N) is 2. The van der Waals surface area contributed by atoms with Crippen LogP contribution in [0.3, 0.4) is 0 Å². The SMILES string of the molecule is COCCNCC(=O)Nc1ccc(-c2cnc(C)o2)cc1.Cl. The summed E-state index contributed by atoms with van der Waals surface area (Å²) in [4.78, 5) is 15.7. The van der Waals surface area contributed by atoms with Crippen LogP contribution in [0.5, 0.6) is 0 Å². The number of halogens is 1. The molecule has 0 fully saturated rings. The summed E-state index contributed by atoms with van der Waals surface area (Å²) in [6.07, 6.45) is 1.68. The topological polar surface area (TPSA) is 76.4 Å². The van der Waals surface area contributed by atoms with Gasteiger partial charge in [-0.3, -0.25) is 4.79 Å². The summed E-state index contributed by atoms with van der Waals surface area (Å²) < 4.78 is 10.3. The fourth-order valence-electron chi connectivity index (χ4n) is 1.79. The van der Waals surface area contributed by atoms with Gasteiger partial charge in [0.15, 0.2) is 11.7 Å². The minimum absolute atomic E-state index is 0. The summed E-state index contributed by atoms with van der Waals surface area (Å²) in [5.41, 5.74) is 1.67. The number of amides is 1. The number of aromatic nitrogens is 1. The second-order valence-electron chi connectivity index (χ2n) is 4.54. The second kappa shape index (κ2) is 9.19. The van der Waals surface area contributed by atoms with Crippen molar-refractivity contribution in [3.63, 3.8) is 0 Å². The normalized spacial score (nSPS) is 10.1. The molecule has 0 aliphatic rings. The Kier molecular flexibility index (Phi) is 7.59. The van der Waals surface area contributed by atoms with Gasteiger partial charge in [0.1, 0.15) is 0 Å². The summed E-state index contributed by atoms with van der Waals surface area (Å²) >= 11 is 0. The Bertz CT molecular complexity index is 584. The zero-order chi connectivity index (χ0) is 15.1. The van der Waals surface area contributed by atoms with Crippen molar-refractivity contribution in [2.24, 2.45) is 0 Å². The number of nitrogens with zero attached hydrogens (tertiary/aromatic N) is 1. The first-order chi connectivity index (χ1) is 10.2. The lowest BCUT2D eigenvalue weighted by Crippen LogP contribution is -2.30. The van der Waals surface area contributed by atoms with Crippen molar-refractivity contribution in [3.05, 3.63) is 36.4 Å². The average Bonchev–Trinajstić information content (AvgIpc) is 2.91. The minimum atomic E-state index is -0.0886. The van der Waals surface area contributed by atoms with Crippen molar-refractivity contribution in [1.29, 1.82) is 0 Å². The number of carbonyl (C=O) groups is 1. The lowest BCUT2D eigenvalue weighted by Gasteiger charge is -2.07. The van der Waals surface area contributed by atoms with Crippen LogP contribution in [-0.4, -0.2) is 37.7 Å². The van der Waals surface area contributed by atoms with E-state index in [1.165, 1.54) is 0 Å². The number of hydrogen-bond donors (Lipinski definition) is 2. The Labute approximate surface area is 135 Å². The molecule has 0 saturated carbocycles. The number of methoxy groups -OCH3 is 1. The van der Waals surface area contributed by atoms with E-state index in [0.717, 1.165) is 11.3 Å². The first-order valence-corrected chi connectivity index (χ1v) is 6.71. The van der Waals surface area contributed by atoms with Gasteiger partial charge in [-0.15, -0.1) is 12.4 Å². The molecule has 2 aromatic rings. The Morgan fingerprint density at radius 3 is 2.64 bits per heavy atom. The van der Waals surface area contributed by atoms with E-state index in [4.69, 9.17) is 9.15 Å². The molecule has 22 heavy (non-hydrogen) atoms. The third-order valence-corrected chi connectivity index (χ3v) is 2.84. The van der Waals surface area contributed by atoms with E-state index in [0.29, 0.717) is 24.8 Å². The standard InChI is InChI=1S/C15H19N3O3.ClH/c1-11-17-9-14(21-11)12-3-5-13(6-4-12)18-15(19)10-16-7-8-20-2;/h3-6,9,16H,7-8,10H2,1-2H3,(H,18,19);1H. The van der Waals surface area contributed by atoms with Gasteiger partial charge in [-0.2, -0.15) is 0 Å². The van der Waals surface area contributed by atoms with Crippen LogP contribution in [0, 0.1) is 6.92 Å².